The van der Waals surface area contributed by atoms with E-state index < -0.39 is 0 Å². The molecule has 0 saturated heterocycles. The minimum atomic E-state index is 0.167. The van der Waals surface area contributed by atoms with Gasteiger partial charge in [-0.3, -0.25) is 0 Å². The van der Waals surface area contributed by atoms with Crippen LogP contribution in [0.2, 0.25) is 0 Å². The fourth-order valence-corrected chi connectivity index (χ4v) is 1.68. The molecule has 0 aromatic carbocycles. The average Bonchev–Trinajstić information content (AvgIpc) is 2.26. The molecule has 2 rings (SSSR count). The van der Waals surface area contributed by atoms with E-state index in [-0.39, 0.29) is 5.41 Å². The van der Waals surface area contributed by atoms with Crippen LogP contribution >= 0.6 is 0 Å². The van der Waals surface area contributed by atoms with Gasteiger partial charge < -0.3 is 5.32 Å². The molecular weight excluding hydrogens is 170 g/mol. The van der Waals surface area contributed by atoms with Crippen molar-refractivity contribution in [3.8, 4) is 0 Å². The summed E-state index contributed by atoms with van der Waals surface area (Å²) >= 11 is 0. The first-order chi connectivity index (χ1) is 6.57. The molecule has 1 N–H and O–H groups in total. The van der Waals surface area contributed by atoms with E-state index >= 15 is 0 Å². The molecule has 1 heterocycles. The predicted molar refractivity (Wildman–Crippen MR) is 60.8 cm³/mol. The number of rotatable bonds is 0. The fraction of sp³-hybridized carbons (Fsp3) is 0.385. The van der Waals surface area contributed by atoms with E-state index in [0.29, 0.717) is 0 Å². The van der Waals surface area contributed by atoms with Crippen LogP contribution < -0.4 is 5.32 Å². The first kappa shape index (κ1) is 9.32. The molecule has 0 unspecified atom stereocenters. The Hall–Kier alpha value is -1.24. The topological polar surface area (TPSA) is 12.0 Å². The van der Waals surface area contributed by atoms with Crippen LogP contribution in [-0.2, 0) is 0 Å². The van der Waals surface area contributed by atoms with Crippen LogP contribution in [0.15, 0.2) is 47.2 Å². The van der Waals surface area contributed by atoms with Crippen molar-refractivity contribution in [3.05, 3.63) is 47.2 Å². The Balaban J connectivity index is 2.40. The molecule has 14 heavy (non-hydrogen) atoms. The van der Waals surface area contributed by atoms with Gasteiger partial charge in [-0.2, -0.15) is 0 Å². The zero-order valence-corrected chi connectivity index (χ0v) is 9.09. The van der Waals surface area contributed by atoms with Crippen molar-refractivity contribution in [1.82, 2.24) is 5.32 Å². The standard InChI is InChI=1S/C13H17N/c1-10-8-11-4-6-13(2,3)7-5-12(11)14-9-10/h4-8,14H,9H2,1-3H3. The molecule has 74 valence electrons. The quantitative estimate of drug-likeness (QED) is 0.615. The summed E-state index contributed by atoms with van der Waals surface area (Å²) in [5, 5.41) is 3.42. The zero-order chi connectivity index (χ0) is 10.2. The van der Waals surface area contributed by atoms with E-state index in [0.717, 1.165) is 6.54 Å². The molecule has 1 heteroatoms. The van der Waals surface area contributed by atoms with Gasteiger partial charge in [0.2, 0.25) is 0 Å². The van der Waals surface area contributed by atoms with E-state index in [1.54, 1.807) is 0 Å². The van der Waals surface area contributed by atoms with Gasteiger partial charge in [0.05, 0.1) is 0 Å². The van der Waals surface area contributed by atoms with E-state index in [4.69, 9.17) is 0 Å². The van der Waals surface area contributed by atoms with E-state index in [1.807, 2.05) is 0 Å². The molecule has 2 aliphatic rings. The van der Waals surface area contributed by atoms with Crippen molar-refractivity contribution < 1.29 is 0 Å². The Morgan fingerprint density at radius 3 is 2.71 bits per heavy atom. The number of allylic oxidation sites excluding steroid dienone is 6. The molecule has 0 aromatic heterocycles. The summed E-state index contributed by atoms with van der Waals surface area (Å²) < 4.78 is 0. The lowest BCUT2D eigenvalue weighted by molar-refractivity contribution is 0.626. The van der Waals surface area contributed by atoms with E-state index in [1.165, 1.54) is 16.8 Å². The molecule has 0 radical (unpaired) electrons. The van der Waals surface area contributed by atoms with Crippen molar-refractivity contribution in [2.75, 3.05) is 6.54 Å². The molecule has 1 aliphatic heterocycles. The van der Waals surface area contributed by atoms with E-state index in [9.17, 15) is 0 Å². The van der Waals surface area contributed by atoms with Crippen LogP contribution in [0, 0.1) is 5.41 Å². The van der Waals surface area contributed by atoms with Crippen LogP contribution in [0.3, 0.4) is 0 Å². The number of nitrogens with one attached hydrogen (secondary N) is 1. The smallest absolute Gasteiger partial charge is 0.0413 e. The van der Waals surface area contributed by atoms with Crippen molar-refractivity contribution in [2.45, 2.75) is 20.8 Å². The lowest BCUT2D eigenvalue weighted by Crippen LogP contribution is -2.19. The predicted octanol–water partition coefficient (Wildman–Crippen LogP) is 2.94. The minimum absolute atomic E-state index is 0.167. The summed E-state index contributed by atoms with van der Waals surface area (Å²) in [6, 6.07) is 0. The van der Waals surface area contributed by atoms with Crippen molar-refractivity contribution in [3.63, 3.8) is 0 Å². The molecule has 1 aliphatic carbocycles. The molecule has 0 atom stereocenters. The first-order valence-electron chi connectivity index (χ1n) is 5.11. The van der Waals surface area contributed by atoms with Crippen LogP contribution in [0.25, 0.3) is 0 Å². The number of hydrogen-bond donors (Lipinski definition) is 1. The monoisotopic (exact) mass is 187 g/mol. The summed E-state index contributed by atoms with van der Waals surface area (Å²) in [6.45, 7) is 7.56. The highest BCUT2D eigenvalue weighted by Gasteiger charge is 2.14. The molecule has 0 spiro atoms. The van der Waals surface area contributed by atoms with Gasteiger partial charge in [-0.05, 0) is 18.6 Å². The van der Waals surface area contributed by atoms with Gasteiger partial charge >= 0.3 is 0 Å². The lowest BCUT2D eigenvalue weighted by Gasteiger charge is -2.15. The van der Waals surface area contributed by atoms with Gasteiger partial charge in [0.25, 0.3) is 0 Å². The fourth-order valence-electron chi connectivity index (χ4n) is 1.68. The molecule has 0 saturated carbocycles. The van der Waals surface area contributed by atoms with Gasteiger partial charge in [-0.25, -0.2) is 0 Å². The Morgan fingerprint density at radius 2 is 1.93 bits per heavy atom. The number of dihydropyridines is 1. The SMILES string of the molecule is CC1=CC2=C(C=CC(C)(C)C=C2)NC1. The minimum Gasteiger partial charge on any atom is -0.381 e. The van der Waals surface area contributed by atoms with Gasteiger partial charge in [0.1, 0.15) is 0 Å². The van der Waals surface area contributed by atoms with Crippen LogP contribution in [0.5, 0.6) is 0 Å². The summed E-state index contributed by atoms with van der Waals surface area (Å²) in [6.07, 6.45) is 11.2. The number of hydrogen-bond acceptors (Lipinski definition) is 1. The van der Waals surface area contributed by atoms with E-state index in [2.05, 4.69) is 56.5 Å². The highest BCUT2D eigenvalue weighted by Crippen LogP contribution is 2.26. The largest absolute Gasteiger partial charge is 0.381 e. The highest BCUT2D eigenvalue weighted by atomic mass is 14.9. The Labute approximate surface area is 85.9 Å². The Bertz CT molecular complexity index is 365. The normalized spacial score (nSPS) is 23.8. The zero-order valence-electron chi connectivity index (χ0n) is 9.09. The molecule has 0 aromatic rings. The average molecular weight is 187 g/mol. The summed E-state index contributed by atoms with van der Waals surface area (Å²) in [4.78, 5) is 0. The summed E-state index contributed by atoms with van der Waals surface area (Å²) in [5.74, 6) is 0. The lowest BCUT2D eigenvalue weighted by atomic mass is 9.93. The van der Waals surface area contributed by atoms with Crippen molar-refractivity contribution in [2.24, 2.45) is 5.41 Å². The van der Waals surface area contributed by atoms with Crippen LogP contribution in [-0.4, -0.2) is 6.54 Å². The summed E-state index contributed by atoms with van der Waals surface area (Å²) in [7, 11) is 0. The van der Waals surface area contributed by atoms with Gasteiger partial charge in [0, 0.05) is 17.7 Å². The maximum atomic E-state index is 3.42. The molecule has 0 amide bonds. The Kier molecular flexibility index (Phi) is 2.10. The Morgan fingerprint density at radius 1 is 1.21 bits per heavy atom. The first-order valence-corrected chi connectivity index (χ1v) is 5.11. The van der Waals surface area contributed by atoms with Gasteiger partial charge in [-0.1, -0.05) is 43.7 Å². The third kappa shape index (κ3) is 1.82. The highest BCUT2D eigenvalue weighted by molar-refractivity contribution is 5.47. The molecule has 1 nitrogen and oxygen atoms in total. The maximum absolute atomic E-state index is 3.42. The van der Waals surface area contributed by atoms with Crippen LogP contribution in [0.1, 0.15) is 20.8 Å². The molecule has 0 fully saturated rings. The van der Waals surface area contributed by atoms with Gasteiger partial charge in [0.15, 0.2) is 0 Å². The van der Waals surface area contributed by atoms with Gasteiger partial charge in [-0.15, -0.1) is 0 Å². The second-order valence-corrected chi connectivity index (χ2v) is 4.70. The third-order valence-electron chi connectivity index (χ3n) is 2.64. The molecule has 0 bridgehead atoms. The molecular formula is C13H17N. The van der Waals surface area contributed by atoms with Crippen molar-refractivity contribution >= 4 is 0 Å². The van der Waals surface area contributed by atoms with Crippen molar-refractivity contribution in [1.29, 1.82) is 0 Å². The van der Waals surface area contributed by atoms with Crippen LogP contribution in [0.4, 0.5) is 0 Å². The summed E-state index contributed by atoms with van der Waals surface area (Å²) in [5.41, 5.74) is 4.11. The second-order valence-electron chi connectivity index (χ2n) is 4.70. The second kappa shape index (κ2) is 3.16. The maximum Gasteiger partial charge on any atom is 0.0413 e. The third-order valence-corrected chi connectivity index (χ3v) is 2.64.